The van der Waals surface area contributed by atoms with Gasteiger partial charge in [0.1, 0.15) is 0 Å². The van der Waals surface area contributed by atoms with E-state index in [4.69, 9.17) is 31.1 Å². The highest BCUT2D eigenvalue weighted by molar-refractivity contribution is 7.54. The van der Waals surface area contributed by atoms with Crippen molar-refractivity contribution in [3.8, 4) is 0 Å². The molecule has 102 valence electrons. The molecular formula is C8H16N4O4P2. The molecule has 0 bridgehead atoms. The van der Waals surface area contributed by atoms with E-state index < -0.39 is 15.3 Å². The van der Waals surface area contributed by atoms with Crippen LogP contribution in [0.2, 0.25) is 0 Å². The molecule has 1 aromatic carbocycles. The van der Waals surface area contributed by atoms with Gasteiger partial charge in [-0.15, -0.1) is 0 Å². The van der Waals surface area contributed by atoms with Crippen LogP contribution < -0.4 is 22.0 Å². The van der Waals surface area contributed by atoms with Crippen molar-refractivity contribution in [3.63, 3.8) is 0 Å². The van der Waals surface area contributed by atoms with Gasteiger partial charge < -0.3 is 9.05 Å². The van der Waals surface area contributed by atoms with Gasteiger partial charge in [0.2, 0.25) is 0 Å². The van der Waals surface area contributed by atoms with Crippen molar-refractivity contribution >= 4 is 15.3 Å². The van der Waals surface area contributed by atoms with Crippen LogP contribution in [0.15, 0.2) is 24.3 Å². The Morgan fingerprint density at radius 3 is 1.28 bits per heavy atom. The minimum absolute atomic E-state index is 0.0394. The Bertz CT molecular complexity index is 435. The van der Waals surface area contributed by atoms with Crippen LogP contribution in [0.3, 0.4) is 0 Å². The lowest BCUT2D eigenvalue weighted by Crippen LogP contribution is -2.08. The number of rotatable bonds is 6. The minimum Gasteiger partial charge on any atom is -0.302 e. The first-order chi connectivity index (χ1) is 8.16. The first-order valence-corrected chi connectivity index (χ1v) is 8.40. The SMILES string of the molecule is NP(N)(=O)OCc1ccc(COP(N)(N)=O)cc1. The Morgan fingerprint density at radius 2 is 1.06 bits per heavy atom. The van der Waals surface area contributed by atoms with E-state index in [2.05, 4.69) is 0 Å². The molecule has 8 nitrogen and oxygen atoms in total. The highest BCUT2D eigenvalue weighted by Gasteiger charge is 2.10. The molecule has 10 heteroatoms. The molecular weight excluding hydrogens is 278 g/mol. The second kappa shape index (κ2) is 6.06. The van der Waals surface area contributed by atoms with Gasteiger partial charge in [-0.05, 0) is 11.1 Å². The normalized spacial score (nSPS) is 12.7. The van der Waals surface area contributed by atoms with Crippen molar-refractivity contribution in [1.29, 1.82) is 0 Å². The first-order valence-electron chi connectivity index (χ1n) is 4.87. The number of hydrogen-bond acceptors (Lipinski definition) is 4. The molecule has 0 amide bonds. The average molecular weight is 294 g/mol. The van der Waals surface area contributed by atoms with Gasteiger partial charge in [-0.25, -0.2) is 22.0 Å². The van der Waals surface area contributed by atoms with Crippen molar-refractivity contribution in [1.82, 2.24) is 0 Å². The molecule has 0 saturated heterocycles. The maximum absolute atomic E-state index is 10.9. The van der Waals surface area contributed by atoms with E-state index in [9.17, 15) is 9.13 Å². The quantitative estimate of drug-likeness (QED) is 0.560. The van der Waals surface area contributed by atoms with Crippen molar-refractivity contribution < 1.29 is 18.2 Å². The van der Waals surface area contributed by atoms with E-state index in [0.717, 1.165) is 11.1 Å². The summed E-state index contributed by atoms with van der Waals surface area (Å²) in [6.07, 6.45) is 0. The highest BCUT2D eigenvalue weighted by atomic mass is 31.2. The summed E-state index contributed by atoms with van der Waals surface area (Å²) >= 11 is 0. The van der Waals surface area contributed by atoms with E-state index in [0.29, 0.717) is 0 Å². The molecule has 0 saturated carbocycles. The summed E-state index contributed by atoms with van der Waals surface area (Å²) in [6, 6.07) is 6.80. The van der Waals surface area contributed by atoms with Gasteiger partial charge >= 0.3 is 15.3 Å². The predicted molar refractivity (Wildman–Crippen MR) is 68.0 cm³/mol. The third-order valence-electron chi connectivity index (χ3n) is 1.89. The van der Waals surface area contributed by atoms with Crippen LogP contribution in [0.25, 0.3) is 0 Å². The van der Waals surface area contributed by atoms with Crippen LogP contribution >= 0.6 is 15.3 Å². The second-order valence-corrected chi connectivity index (χ2v) is 6.75. The lowest BCUT2D eigenvalue weighted by Gasteiger charge is -2.09. The Hall–Kier alpha value is -0.560. The van der Waals surface area contributed by atoms with E-state index in [1.807, 2.05) is 0 Å². The molecule has 0 aliphatic rings. The van der Waals surface area contributed by atoms with Gasteiger partial charge in [-0.2, -0.15) is 0 Å². The molecule has 1 rings (SSSR count). The topological polar surface area (TPSA) is 157 Å². The second-order valence-electron chi connectivity index (χ2n) is 3.65. The average Bonchev–Trinajstić information content (AvgIpc) is 2.23. The largest absolute Gasteiger partial charge is 0.335 e. The van der Waals surface area contributed by atoms with E-state index in [1.165, 1.54) is 0 Å². The van der Waals surface area contributed by atoms with Crippen LogP contribution in [0.4, 0.5) is 0 Å². The number of hydrogen-bond donors (Lipinski definition) is 4. The molecule has 0 aliphatic heterocycles. The fourth-order valence-corrected chi connectivity index (χ4v) is 1.78. The van der Waals surface area contributed by atoms with Gasteiger partial charge in [-0.1, -0.05) is 24.3 Å². The van der Waals surface area contributed by atoms with Crippen molar-refractivity contribution in [2.24, 2.45) is 22.0 Å². The van der Waals surface area contributed by atoms with Crippen LogP contribution in [0.1, 0.15) is 11.1 Å². The van der Waals surface area contributed by atoms with Crippen LogP contribution in [0.5, 0.6) is 0 Å². The molecule has 0 heterocycles. The third kappa shape index (κ3) is 7.00. The van der Waals surface area contributed by atoms with Gasteiger partial charge in [0.25, 0.3) is 0 Å². The Kier molecular flexibility index (Phi) is 5.21. The first kappa shape index (κ1) is 15.5. The molecule has 18 heavy (non-hydrogen) atoms. The summed E-state index contributed by atoms with van der Waals surface area (Å²) in [6.45, 7) is 0.0787. The third-order valence-corrected chi connectivity index (χ3v) is 2.95. The molecule has 0 radical (unpaired) electrons. The predicted octanol–water partition coefficient (Wildman–Crippen LogP) is 0.771. The highest BCUT2D eigenvalue weighted by Crippen LogP contribution is 2.29. The Labute approximate surface area is 105 Å². The van der Waals surface area contributed by atoms with Crippen molar-refractivity contribution in [2.45, 2.75) is 13.2 Å². The molecule has 1 aromatic rings. The van der Waals surface area contributed by atoms with Gasteiger partial charge in [0, 0.05) is 0 Å². The molecule has 0 atom stereocenters. The summed E-state index contributed by atoms with van der Waals surface area (Å²) in [5, 5.41) is 0. The van der Waals surface area contributed by atoms with Crippen LogP contribution in [-0.2, 0) is 31.4 Å². The van der Waals surface area contributed by atoms with E-state index in [1.54, 1.807) is 24.3 Å². The zero-order valence-electron chi connectivity index (χ0n) is 9.56. The molecule has 0 aliphatic carbocycles. The van der Waals surface area contributed by atoms with Gasteiger partial charge in [0.05, 0.1) is 13.2 Å². The zero-order valence-corrected chi connectivity index (χ0v) is 11.3. The number of nitrogens with two attached hydrogens (primary N) is 4. The van der Waals surface area contributed by atoms with E-state index in [-0.39, 0.29) is 13.2 Å². The lowest BCUT2D eigenvalue weighted by molar-refractivity contribution is 0.300. The molecule has 0 aromatic heterocycles. The molecule has 8 N–H and O–H groups in total. The maximum Gasteiger partial charge on any atom is 0.335 e. The summed E-state index contributed by atoms with van der Waals surface area (Å²) in [4.78, 5) is 0. The minimum atomic E-state index is -3.47. The number of benzene rings is 1. The lowest BCUT2D eigenvalue weighted by atomic mass is 10.1. The maximum atomic E-state index is 10.9. The standard InChI is InChI=1S/C8H16N4O4P2/c9-17(10,13)15-5-7-1-2-8(4-3-7)6-16-18(11,12)14/h1-4H,5-6H2,(H4,9,10,13)(H4,11,12,14). The Balaban J connectivity index is 2.53. The molecule has 0 spiro atoms. The summed E-state index contributed by atoms with van der Waals surface area (Å²) in [7, 11) is -6.94. The van der Waals surface area contributed by atoms with Crippen molar-refractivity contribution in [2.75, 3.05) is 0 Å². The van der Waals surface area contributed by atoms with E-state index >= 15 is 0 Å². The van der Waals surface area contributed by atoms with Crippen LogP contribution in [0, 0.1) is 0 Å². The van der Waals surface area contributed by atoms with Gasteiger partial charge in [-0.3, -0.25) is 9.13 Å². The molecule has 0 fully saturated rings. The monoisotopic (exact) mass is 294 g/mol. The summed E-state index contributed by atoms with van der Waals surface area (Å²) < 4.78 is 31.4. The van der Waals surface area contributed by atoms with Gasteiger partial charge in [0.15, 0.2) is 0 Å². The fourth-order valence-electron chi connectivity index (χ4n) is 1.08. The Morgan fingerprint density at radius 1 is 0.778 bits per heavy atom. The fraction of sp³-hybridized carbons (Fsp3) is 0.250. The molecule has 0 unspecified atom stereocenters. The van der Waals surface area contributed by atoms with Crippen molar-refractivity contribution in [3.05, 3.63) is 35.4 Å². The smallest absolute Gasteiger partial charge is 0.302 e. The summed E-state index contributed by atoms with van der Waals surface area (Å²) in [5.74, 6) is 0. The van der Waals surface area contributed by atoms with Crippen LogP contribution in [-0.4, -0.2) is 0 Å². The summed E-state index contributed by atoms with van der Waals surface area (Å²) in [5.41, 5.74) is 21.6. The zero-order chi connectivity index (χ0) is 13.8.